The van der Waals surface area contributed by atoms with Gasteiger partial charge in [-0.3, -0.25) is 0 Å². The minimum atomic E-state index is -0.480. The fraction of sp³-hybridized carbons (Fsp3) is 0.0156. The minimum absolute atomic E-state index is 0.480. The monoisotopic (exact) mass is 864 g/mol. The molecule has 0 fully saturated rings. The van der Waals surface area contributed by atoms with Crippen molar-refractivity contribution in [1.82, 2.24) is 19.5 Å². The molecule has 0 unspecified atom stereocenters. The predicted molar refractivity (Wildman–Crippen MR) is 278 cm³/mol. The van der Waals surface area contributed by atoms with Gasteiger partial charge in [0.25, 0.3) is 0 Å². The molecular weight excluding hydrogens is 825 g/mol. The van der Waals surface area contributed by atoms with Gasteiger partial charge in [0.2, 0.25) is 0 Å². The van der Waals surface area contributed by atoms with Crippen LogP contribution in [0.3, 0.4) is 0 Å². The Labute approximate surface area is 394 Å². The highest BCUT2D eigenvalue weighted by Gasteiger charge is 2.50. The molecule has 2 aromatic heterocycles. The Morgan fingerprint density at radius 2 is 0.676 bits per heavy atom. The number of para-hydroxylation sites is 2. The predicted octanol–water partition coefficient (Wildman–Crippen LogP) is 15.6. The zero-order valence-corrected chi connectivity index (χ0v) is 36.9. The molecule has 68 heavy (non-hydrogen) atoms. The van der Waals surface area contributed by atoms with E-state index < -0.39 is 5.41 Å². The van der Waals surface area contributed by atoms with Crippen molar-refractivity contribution < 1.29 is 0 Å². The van der Waals surface area contributed by atoms with Gasteiger partial charge in [-0.25, -0.2) is 15.0 Å². The molecule has 2 aliphatic rings. The second kappa shape index (κ2) is 15.0. The summed E-state index contributed by atoms with van der Waals surface area (Å²) >= 11 is 0. The van der Waals surface area contributed by atoms with Gasteiger partial charge in [-0.1, -0.05) is 231 Å². The highest BCUT2D eigenvalue weighted by molar-refractivity contribution is 6.13. The van der Waals surface area contributed by atoms with E-state index in [9.17, 15) is 0 Å². The third kappa shape index (κ3) is 5.71. The fourth-order valence-electron chi connectivity index (χ4n) is 11.2. The smallest absolute Gasteiger partial charge is 0.164 e. The van der Waals surface area contributed by atoms with Gasteiger partial charge >= 0.3 is 0 Å². The number of aromatic nitrogens is 4. The summed E-state index contributed by atoms with van der Waals surface area (Å²) in [5.74, 6) is 1.88. The third-order valence-corrected chi connectivity index (χ3v) is 14.3. The lowest BCUT2D eigenvalue weighted by molar-refractivity contribution is 0.748. The van der Waals surface area contributed by atoms with E-state index in [-0.39, 0.29) is 0 Å². The van der Waals surface area contributed by atoms with Crippen molar-refractivity contribution in [3.05, 3.63) is 265 Å². The van der Waals surface area contributed by atoms with Crippen LogP contribution in [-0.4, -0.2) is 19.5 Å². The highest BCUT2D eigenvalue weighted by atomic mass is 15.0. The quantitative estimate of drug-likeness (QED) is 0.167. The molecular formula is C64H40N4. The van der Waals surface area contributed by atoms with E-state index in [4.69, 9.17) is 15.0 Å². The summed E-state index contributed by atoms with van der Waals surface area (Å²) in [4.78, 5) is 15.4. The Balaban J connectivity index is 0.901. The maximum absolute atomic E-state index is 5.15. The molecule has 0 atom stereocenters. The molecule has 0 bridgehead atoms. The number of hydrogen-bond acceptors (Lipinski definition) is 3. The van der Waals surface area contributed by atoms with Crippen molar-refractivity contribution in [2.75, 3.05) is 0 Å². The lowest BCUT2D eigenvalue weighted by atomic mass is 9.65. The lowest BCUT2D eigenvalue weighted by Crippen LogP contribution is -2.33. The molecule has 0 amide bonds. The van der Waals surface area contributed by atoms with Gasteiger partial charge in [0.1, 0.15) is 0 Å². The Hall–Kier alpha value is -8.99. The normalized spacial score (nSPS) is 12.8. The largest absolute Gasteiger partial charge is 0.309 e. The average Bonchev–Trinajstić information content (AvgIpc) is 3.92. The molecule has 4 nitrogen and oxygen atoms in total. The van der Waals surface area contributed by atoms with E-state index in [1.165, 1.54) is 72.0 Å². The Kier molecular flexibility index (Phi) is 8.46. The van der Waals surface area contributed by atoms with Crippen LogP contribution in [0.15, 0.2) is 243 Å². The first-order chi connectivity index (χ1) is 33.7. The van der Waals surface area contributed by atoms with E-state index in [1.807, 2.05) is 12.1 Å². The van der Waals surface area contributed by atoms with E-state index in [2.05, 4.69) is 235 Å². The summed E-state index contributed by atoms with van der Waals surface area (Å²) in [7, 11) is 0. The summed E-state index contributed by atoms with van der Waals surface area (Å²) in [6.45, 7) is 0. The number of benzene rings is 10. The second-order valence-corrected chi connectivity index (χ2v) is 17.9. The van der Waals surface area contributed by atoms with Crippen molar-refractivity contribution in [2.45, 2.75) is 5.41 Å². The van der Waals surface area contributed by atoms with Crippen LogP contribution >= 0.6 is 0 Å². The molecule has 4 heteroatoms. The Bertz CT molecular complexity index is 3780. The molecule has 0 saturated carbocycles. The maximum atomic E-state index is 5.15. The number of nitrogens with zero attached hydrogens (tertiary/aromatic N) is 4. The zero-order valence-electron chi connectivity index (χ0n) is 36.9. The molecule has 0 radical (unpaired) electrons. The van der Waals surface area contributed by atoms with Gasteiger partial charge in [0, 0.05) is 27.5 Å². The molecule has 316 valence electrons. The van der Waals surface area contributed by atoms with Crippen molar-refractivity contribution >= 4 is 21.8 Å². The zero-order chi connectivity index (χ0) is 44.8. The topological polar surface area (TPSA) is 43.6 Å². The summed E-state index contributed by atoms with van der Waals surface area (Å²) < 4.78 is 2.52. The third-order valence-electron chi connectivity index (χ3n) is 14.3. The first-order valence-corrected chi connectivity index (χ1v) is 23.3. The maximum Gasteiger partial charge on any atom is 0.164 e. The molecule has 1 aliphatic carbocycles. The van der Waals surface area contributed by atoms with Gasteiger partial charge in [-0.15, -0.1) is 0 Å². The van der Waals surface area contributed by atoms with Crippen LogP contribution in [0.4, 0.5) is 0 Å². The molecule has 1 spiro atoms. The van der Waals surface area contributed by atoms with Crippen LogP contribution < -0.4 is 0 Å². The molecule has 0 N–H and O–H groups in total. The van der Waals surface area contributed by atoms with Crippen molar-refractivity contribution in [2.24, 2.45) is 0 Å². The first kappa shape index (κ1) is 38.3. The van der Waals surface area contributed by atoms with E-state index in [0.717, 1.165) is 38.9 Å². The standard InChI is InChI=1S/C64H40N4/c1-3-14-41(15-4-1)43-26-32-46(33-27-43)61-65-62(47-34-28-44(29-35-47)42-16-5-2-6-17-42)67-63(66-61)48-36-30-45(31-37-48)49-38-39-56-59(40-49)68-58-25-12-9-20-52(58)53-21-13-24-57(60(53)68)64(56)54-22-10-7-18-50(54)51-19-8-11-23-55(51)64/h1-40H. The lowest BCUT2D eigenvalue weighted by Gasteiger charge is -2.39. The molecule has 3 heterocycles. The van der Waals surface area contributed by atoms with Crippen LogP contribution in [0.1, 0.15) is 22.3 Å². The molecule has 14 rings (SSSR count). The summed E-state index contributed by atoms with van der Waals surface area (Å²) in [6.07, 6.45) is 0. The van der Waals surface area contributed by atoms with Crippen LogP contribution in [0.5, 0.6) is 0 Å². The van der Waals surface area contributed by atoms with Gasteiger partial charge in [-0.05, 0) is 78.9 Å². The Morgan fingerprint density at radius 1 is 0.279 bits per heavy atom. The number of rotatable bonds is 6. The van der Waals surface area contributed by atoms with Crippen LogP contribution in [0, 0.1) is 0 Å². The van der Waals surface area contributed by atoms with Crippen molar-refractivity contribution in [3.63, 3.8) is 0 Å². The summed E-state index contributed by atoms with van der Waals surface area (Å²) in [5, 5.41) is 2.53. The van der Waals surface area contributed by atoms with Gasteiger partial charge < -0.3 is 4.57 Å². The van der Waals surface area contributed by atoms with Crippen molar-refractivity contribution in [1.29, 1.82) is 0 Å². The van der Waals surface area contributed by atoms with Crippen molar-refractivity contribution in [3.8, 4) is 84.4 Å². The van der Waals surface area contributed by atoms with Gasteiger partial charge in [0.05, 0.1) is 22.1 Å². The van der Waals surface area contributed by atoms with E-state index in [0.29, 0.717) is 17.5 Å². The first-order valence-electron chi connectivity index (χ1n) is 23.3. The molecule has 0 saturated heterocycles. The SMILES string of the molecule is c1ccc(-c2ccc(-c3nc(-c4ccc(-c5ccccc5)cc4)nc(-c4ccc(-c5ccc6c(c5)-n5c7ccccc7c7cccc(c75)C65c6ccccc6-c6ccccc65)cc4)n3)cc2)cc1. The molecule has 10 aromatic carbocycles. The van der Waals surface area contributed by atoms with E-state index >= 15 is 0 Å². The number of hydrogen-bond donors (Lipinski definition) is 0. The van der Waals surface area contributed by atoms with E-state index in [1.54, 1.807) is 0 Å². The second-order valence-electron chi connectivity index (χ2n) is 17.9. The number of fused-ring (bicyclic) bond motifs is 12. The Morgan fingerprint density at radius 3 is 1.22 bits per heavy atom. The minimum Gasteiger partial charge on any atom is -0.309 e. The van der Waals surface area contributed by atoms with Crippen LogP contribution in [0.25, 0.3) is 106 Å². The summed E-state index contributed by atoms with van der Waals surface area (Å²) in [5.41, 5.74) is 20.7. The summed E-state index contributed by atoms with van der Waals surface area (Å²) in [6, 6.07) is 87.5. The molecule has 1 aliphatic heterocycles. The molecule has 12 aromatic rings. The average molecular weight is 865 g/mol. The fourth-order valence-corrected chi connectivity index (χ4v) is 11.2. The van der Waals surface area contributed by atoms with Crippen LogP contribution in [-0.2, 0) is 5.41 Å². The van der Waals surface area contributed by atoms with Gasteiger partial charge in [-0.2, -0.15) is 0 Å². The highest BCUT2D eigenvalue weighted by Crippen LogP contribution is 2.61. The van der Waals surface area contributed by atoms with Gasteiger partial charge in [0.15, 0.2) is 17.5 Å². The van der Waals surface area contributed by atoms with Crippen LogP contribution in [0.2, 0.25) is 0 Å².